The van der Waals surface area contributed by atoms with Gasteiger partial charge in [-0.15, -0.1) is 0 Å². The molecule has 0 aromatic heterocycles. The lowest BCUT2D eigenvalue weighted by atomic mass is 10.1. The molecule has 1 aromatic carbocycles. The summed E-state index contributed by atoms with van der Waals surface area (Å²) in [5, 5.41) is 11.8. The highest BCUT2D eigenvalue weighted by Gasteiger charge is 2.65. The predicted molar refractivity (Wildman–Crippen MR) is 66.7 cm³/mol. The summed E-state index contributed by atoms with van der Waals surface area (Å²) in [6.07, 6.45) is 0. The first-order valence-electron chi connectivity index (χ1n) is 5.99. The van der Waals surface area contributed by atoms with Gasteiger partial charge in [0.1, 0.15) is 0 Å². The second kappa shape index (κ2) is 4.44. The van der Waals surface area contributed by atoms with Gasteiger partial charge in [-0.25, -0.2) is 0 Å². The molecule has 0 spiro atoms. The summed E-state index contributed by atoms with van der Waals surface area (Å²) in [7, 11) is 0. The molecule has 0 unspecified atom stereocenters. The van der Waals surface area contributed by atoms with Crippen molar-refractivity contribution in [2.24, 2.45) is 17.3 Å². The van der Waals surface area contributed by atoms with E-state index in [0.717, 1.165) is 5.56 Å². The average Bonchev–Trinajstić information content (AvgIpc) is 2.91. The van der Waals surface area contributed by atoms with Crippen molar-refractivity contribution in [3.8, 4) is 0 Å². The van der Waals surface area contributed by atoms with Gasteiger partial charge in [0.2, 0.25) is 5.91 Å². The number of aliphatic carboxylic acids is 1. The summed E-state index contributed by atoms with van der Waals surface area (Å²) < 4.78 is 0. The summed E-state index contributed by atoms with van der Waals surface area (Å²) in [4.78, 5) is 22.9. The number of carbonyl (C=O) groups is 2. The molecule has 0 bridgehead atoms. The average molecular weight is 247 g/mol. The number of carboxylic acids is 1. The van der Waals surface area contributed by atoms with Crippen LogP contribution in [0.1, 0.15) is 19.4 Å². The summed E-state index contributed by atoms with van der Waals surface area (Å²) in [6, 6.07) is 9.57. The molecular weight excluding hydrogens is 230 g/mol. The standard InChI is InChI=1S/C14H17NO3/c1-14(2)10(11(14)13(17)18)12(16)15-8-9-6-4-3-5-7-9/h3-7,10-11H,8H2,1-2H3,(H,15,16)(H,17,18)/t10-,11-/m1/s1. The van der Waals surface area contributed by atoms with E-state index < -0.39 is 23.2 Å². The van der Waals surface area contributed by atoms with Gasteiger partial charge in [-0.3, -0.25) is 9.59 Å². The van der Waals surface area contributed by atoms with E-state index in [1.807, 2.05) is 44.2 Å². The Morgan fingerprint density at radius 2 is 1.83 bits per heavy atom. The van der Waals surface area contributed by atoms with E-state index >= 15 is 0 Å². The van der Waals surface area contributed by atoms with Crippen molar-refractivity contribution >= 4 is 11.9 Å². The van der Waals surface area contributed by atoms with Crippen molar-refractivity contribution in [3.05, 3.63) is 35.9 Å². The topological polar surface area (TPSA) is 66.4 Å². The van der Waals surface area contributed by atoms with Crippen molar-refractivity contribution in [3.63, 3.8) is 0 Å². The molecule has 96 valence electrons. The zero-order chi connectivity index (χ0) is 13.3. The highest BCUT2D eigenvalue weighted by molar-refractivity contribution is 5.91. The van der Waals surface area contributed by atoms with E-state index in [1.54, 1.807) is 0 Å². The Morgan fingerprint density at radius 3 is 2.33 bits per heavy atom. The second-order valence-electron chi connectivity index (χ2n) is 5.32. The zero-order valence-corrected chi connectivity index (χ0v) is 10.5. The normalized spacial score (nSPS) is 24.3. The lowest BCUT2D eigenvalue weighted by Crippen LogP contribution is -2.26. The minimum absolute atomic E-state index is 0.170. The second-order valence-corrected chi connectivity index (χ2v) is 5.32. The van der Waals surface area contributed by atoms with E-state index in [1.165, 1.54) is 0 Å². The number of amides is 1. The van der Waals surface area contributed by atoms with Crippen molar-refractivity contribution in [2.45, 2.75) is 20.4 Å². The van der Waals surface area contributed by atoms with Gasteiger partial charge in [-0.05, 0) is 11.0 Å². The van der Waals surface area contributed by atoms with Gasteiger partial charge < -0.3 is 10.4 Å². The third-order valence-corrected chi connectivity index (χ3v) is 3.69. The van der Waals surface area contributed by atoms with Crippen LogP contribution in [0.2, 0.25) is 0 Å². The third kappa shape index (κ3) is 2.23. The number of hydrogen-bond acceptors (Lipinski definition) is 2. The Kier molecular flexibility index (Phi) is 3.11. The smallest absolute Gasteiger partial charge is 0.307 e. The highest BCUT2D eigenvalue weighted by atomic mass is 16.4. The minimum atomic E-state index is -0.889. The number of hydrogen-bond donors (Lipinski definition) is 2. The quantitative estimate of drug-likeness (QED) is 0.850. The zero-order valence-electron chi connectivity index (χ0n) is 10.5. The number of benzene rings is 1. The number of carboxylic acid groups (broad SMARTS) is 1. The van der Waals surface area contributed by atoms with Crippen molar-refractivity contribution in [1.29, 1.82) is 0 Å². The molecule has 2 atom stereocenters. The Balaban J connectivity index is 1.93. The van der Waals surface area contributed by atoms with Crippen LogP contribution in [0.25, 0.3) is 0 Å². The first kappa shape index (κ1) is 12.6. The first-order chi connectivity index (χ1) is 8.44. The fraction of sp³-hybridized carbons (Fsp3) is 0.429. The summed E-state index contributed by atoms with van der Waals surface area (Å²) in [5.41, 5.74) is 0.572. The number of carbonyl (C=O) groups excluding carboxylic acids is 1. The van der Waals surface area contributed by atoms with E-state index in [2.05, 4.69) is 5.32 Å². The Hall–Kier alpha value is -1.84. The molecule has 2 rings (SSSR count). The van der Waals surface area contributed by atoms with Gasteiger partial charge in [0.05, 0.1) is 11.8 Å². The van der Waals surface area contributed by atoms with Crippen LogP contribution in [0.5, 0.6) is 0 Å². The lowest BCUT2D eigenvalue weighted by molar-refractivity contribution is -0.140. The van der Waals surface area contributed by atoms with Gasteiger partial charge in [-0.1, -0.05) is 44.2 Å². The molecule has 1 amide bonds. The van der Waals surface area contributed by atoms with Crippen LogP contribution in [0.4, 0.5) is 0 Å². The lowest BCUT2D eigenvalue weighted by Gasteiger charge is -2.05. The van der Waals surface area contributed by atoms with Crippen LogP contribution in [-0.4, -0.2) is 17.0 Å². The molecule has 4 nitrogen and oxygen atoms in total. The number of rotatable bonds is 4. The summed E-state index contributed by atoms with van der Waals surface area (Å²) in [5.74, 6) is -2.04. The van der Waals surface area contributed by atoms with Crippen molar-refractivity contribution < 1.29 is 14.7 Å². The van der Waals surface area contributed by atoms with Crippen molar-refractivity contribution in [2.75, 3.05) is 0 Å². The molecule has 1 fully saturated rings. The first-order valence-corrected chi connectivity index (χ1v) is 5.99. The monoisotopic (exact) mass is 247 g/mol. The van der Waals surface area contributed by atoms with Gasteiger partial charge >= 0.3 is 5.97 Å². The van der Waals surface area contributed by atoms with E-state index in [-0.39, 0.29) is 5.91 Å². The molecule has 0 aliphatic heterocycles. The van der Waals surface area contributed by atoms with Crippen LogP contribution >= 0.6 is 0 Å². The Labute approximate surface area is 106 Å². The van der Waals surface area contributed by atoms with Crippen LogP contribution in [0.3, 0.4) is 0 Å². The Bertz CT molecular complexity index is 467. The van der Waals surface area contributed by atoms with Crippen LogP contribution in [0.15, 0.2) is 30.3 Å². The molecular formula is C14H17NO3. The predicted octanol–water partition coefficient (Wildman–Crippen LogP) is 1.66. The van der Waals surface area contributed by atoms with E-state index in [0.29, 0.717) is 6.54 Å². The molecule has 1 saturated carbocycles. The van der Waals surface area contributed by atoms with Gasteiger partial charge in [-0.2, -0.15) is 0 Å². The Morgan fingerprint density at radius 1 is 1.22 bits per heavy atom. The van der Waals surface area contributed by atoms with Crippen LogP contribution in [0, 0.1) is 17.3 Å². The highest BCUT2D eigenvalue weighted by Crippen LogP contribution is 2.58. The maximum Gasteiger partial charge on any atom is 0.307 e. The maximum atomic E-state index is 11.9. The van der Waals surface area contributed by atoms with E-state index in [9.17, 15) is 9.59 Å². The molecule has 0 heterocycles. The van der Waals surface area contributed by atoms with Crippen LogP contribution < -0.4 is 5.32 Å². The molecule has 0 radical (unpaired) electrons. The molecule has 18 heavy (non-hydrogen) atoms. The fourth-order valence-corrected chi connectivity index (χ4v) is 2.48. The largest absolute Gasteiger partial charge is 0.481 e. The third-order valence-electron chi connectivity index (χ3n) is 3.69. The molecule has 0 saturated heterocycles. The SMILES string of the molecule is CC1(C)[C@@H](C(=O)O)[C@@H]1C(=O)NCc1ccccc1. The fourth-order valence-electron chi connectivity index (χ4n) is 2.48. The summed E-state index contributed by atoms with van der Waals surface area (Å²) in [6.45, 7) is 4.08. The van der Waals surface area contributed by atoms with Gasteiger partial charge in [0.25, 0.3) is 0 Å². The number of nitrogens with one attached hydrogen (secondary N) is 1. The van der Waals surface area contributed by atoms with Crippen LogP contribution in [-0.2, 0) is 16.1 Å². The van der Waals surface area contributed by atoms with Gasteiger partial charge in [0.15, 0.2) is 0 Å². The minimum Gasteiger partial charge on any atom is -0.481 e. The van der Waals surface area contributed by atoms with Gasteiger partial charge in [0, 0.05) is 6.54 Å². The van der Waals surface area contributed by atoms with Crippen molar-refractivity contribution in [1.82, 2.24) is 5.32 Å². The summed E-state index contributed by atoms with van der Waals surface area (Å²) >= 11 is 0. The molecule has 2 N–H and O–H groups in total. The molecule has 4 heteroatoms. The molecule has 1 aromatic rings. The maximum absolute atomic E-state index is 11.9. The molecule has 1 aliphatic rings. The van der Waals surface area contributed by atoms with E-state index in [4.69, 9.17) is 5.11 Å². The molecule has 1 aliphatic carbocycles.